The van der Waals surface area contributed by atoms with Crippen LogP contribution in [0.4, 0.5) is 0 Å². The second kappa shape index (κ2) is 6.46. The molecule has 8 heteroatoms. The van der Waals surface area contributed by atoms with E-state index < -0.39 is 0 Å². The quantitative estimate of drug-likeness (QED) is 0.722. The van der Waals surface area contributed by atoms with Crippen molar-refractivity contribution in [2.45, 2.75) is 25.7 Å². The van der Waals surface area contributed by atoms with Gasteiger partial charge in [0.25, 0.3) is 11.8 Å². The number of rotatable bonds is 3. The molecule has 3 aromatic rings. The molecule has 0 bridgehead atoms. The minimum absolute atomic E-state index is 0.0305. The number of carbonyl (C=O) groups excluding carboxylic acids is 1. The van der Waals surface area contributed by atoms with Crippen LogP contribution >= 0.6 is 0 Å². The SMILES string of the molecule is Cc1cc(C(=O)N2CCCC(c3noc(-c4ccccn4)n3)C2)on1. The zero-order chi connectivity index (χ0) is 17.2. The lowest BCUT2D eigenvalue weighted by atomic mass is 9.97. The highest BCUT2D eigenvalue weighted by molar-refractivity contribution is 5.91. The van der Waals surface area contributed by atoms with Gasteiger partial charge < -0.3 is 13.9 Å². The van der Waals surface area contributed by atoms with Gasteiger partial charge in [-0.3, -0.25) is 9.78 Å². The summed E-state index contributed by atoms with van der Waals surface area (Å²) in [5.41, 5.74) is 1.33. The largest absolute Gasteiger partial charge is 0.351 e. The minimum atomic E-state index is -0.154. The number of hydrogen-bond donors (Lipinski definition) is 0. The number of piperidine rings is 1. The molecule has 0 radical (unpaired) electrons. The molecule has 1 unspecified atom stereocenters. The van der Waals surface area contributed by atoms with Crippen LogP contribution in [0.5, 0.6) is 0 Å². The Kier molecular flexibility index (Phi) is 4.01. The zero-order valence-electron chi connectivity index (χ0n) is 13.8. The number of likely N-dealkylation sites (tertiary alicyclic amines) is 1. The van der Waals surface area contributed by atoms with Crippen molar-refractivity contribution in [3.63, 3.8) is 0 Å². The number of amides is 1. The van der Waals surface area contributed by atoms with Crippen molar-refractivity contribution < 1.29 is 13.8 Å². The first-order valence-corrected chi connectivity index (χ1v) is 8.18. The molecule has 0 spiro atoms. The molecule has 128 valence electrons. The molecule has 4 rings (SSSR count). The van der Waals surface area contributed by atoms with Crippen LogP contribution in [0.15, 0.2) is 39.5 Å². The maximum absolute atomic E-state index is 12.5. The fraction of sp³-hybridized carbons (Fsp3) is 0.353. The van der Waals surface area contributed by atoms with Crippen molar-refractivity contribution in [2.75, 3.05) is 13.1 Å². The van der Waals surface area contributed by atoms with E-state index in [9.17, 15) is 4.79 Å². The van der Waals surface area contributed by atoms with Crippen molar-refractivity contribution in [1.29, 1.82) is 0 Å². The molecule has 0 aromatic carbocycles. The molecule has 4 heterocycles. The van der Waals surface area contributed by atoms with E-state index in [0.29, 0.717) is 36.2 Å². The number of aryl methyl sites for hydroxylation is 1. The molecule has 3 aromatic heterocycles. The third-order valence-electron chi connectivity index (χ3n) is 4.24. The summed E-state index contributed by atoms with van der Waals surface area (Å²) in [6.45, 7) is 3.00. The van der Waals surface area contributed by atoms with Gasteiger partial charge in [-0.2, -0.15) is 4.98 Å². The highest BCUT2D eigenvalue weighted by atomic mass is 16.5. The highest BCUT2D eigenvalue weighted by Crippen LogP contribution is 2.27. The molecule has 0 saturated carbocycles. The van der Waals surface area contributed by atoms with Crippen LogP contribution in [0.25, 0.3) is 11.6 Å². The Hall–Kier alpha value is -3.03. The van der Waals surface area contributed by atoms with E-state index in [2.05, 4.69) is 20.3 Å². The van der Waals surface area contributed by atoms with E-state index in [1.54, 1.807) is 24.1 Å². The first-order valence-electron chi connectivity index (χ1n) is 8.18. The monoisotopic (exact) mass is 339 g/mol. The number of hydrogen-bond acceptors (Lipinski definition) is 7. The number of aromatic nitrogens is 4. The first kappa shape index (κ1) is 15.5. The predicted octanol–water partition coefficient (Wildman–Crippen LogP) is 2.45. The summed E-state index contributed by atoms with van der Waals surface area (Å²) in [5.74, 6) is 1.14. The van der Waals surface area contributed by atoms with Crippen molar-refractivity contribution in [3.8, 4) is 11.6 Å². The van der Waals surface area contributed by atoms with E-state index in [1.165, 1.54) is 0 Å². The third-order valence-corrected chi connectivity index (χ3v) is 4.24. The molecule has 0 aliphatic carbocycles. The molecular formula is C17H17N5O3. The fourth-order valence-electron chi connectivity index (χ4n) is 2.99. The van der Waals surface area contributed by atoms with Crippen molar-refractivity contribution >= 4 is 5.91 Å². The van der Waals surface area contributed by atoms with Gasteiger partial charge in [-0.1, -0.05) is 16.4 Å². The highest BCUT2D eigenvalue weighted by Gasteiger charge is 2.30. The second-order valence-corrected chi connectivity index (χ2v) is 6.10. The lowest BCUT2D eigenvalue weighted by Crippen LogP contribution is -2.39. The maximum Gasteiger partial charge on any atom is 0.292 e. The molecule has 1 atom stereocenters. The lowest BCUT2D eigenvalue weighted by Gasteiger charge is -2.30. The summed E-state index contributed by atoms with van der Waals surface area (Å²) in [6.07, 6.45) is 3.46. The van der Waals surface area contributed by atoms with Gasteiger partial charge in [0.05, 0.1) is 5.69 Å². The molecule has 8 nitrogen and oxygen atoms in total. The van der Waals surface area contributed by atoms with E-state index in [-0.39, 0.29) is 17.6 Å². The van der Waals surface area contributed by atoms with Gasteiger partial charge >= 0.3 is 0 Å². The van der Waals surface area contributed by atoms with Crippen LogP contribution in [0, 0.1) is 6.92 Å². The number of nitrogens with zero attached hydrogens (tertiary/aromatic N) is 5. The van der Waals surface area contributed by atoms with Crippen molar-refractivity contribution in [3.05, 3.63) is 47.7 Å². The summed E-state index contributed by atoms with van der Waals surface area (Å²) >= 11 is 0. The van der Waals surface area contributed by atoms with E-state index in [1.807, 2.05) is 18.2 Å². The fourth-order valence-corrected chi connectivity index (χ4v) is 2.99. The van der Waals surface area contributed by atoms with E-state index >= 15 is 0 Å². The summed E-state index contributed by atoms with van der Waals surface area (Å²) in [5, 5.41) is 7.86. The molecule has 1 saturated heterocycles. The number of pyridine rings is 1. The van der Waals surface area contributed by atoms with Crippen molar-refractivity contribution in [1.82, 2.24) is 25.2 Å². The maximum atomic E-state index is 12.5. The third kappa shape index (κ3) is 3.15. The van der Waals surface area contributed by atoms with Crippen LogP contribution in [0.2, 0.25) is 0 Å². The minimum Gasteiger partial charge on any atom is -0.351 e. The molecule has 1 fully saturated rings. The smallest absolute Gasteiger partial charge is 0.292 e. The topological polar surface area (TPSA) is 98.2 Å². The van der Waals surface area contributed by atoms with Crippen LogP contribution in [-0.2, 0) is 0 Å². The number of carbonyl (C=O) groups is 1. The van der Waals surface area contributed by atoms with Crippen LogP contribution in [0.1, 0.15) is 40.8 Å². The van der Waals surface area contributed by atoms with Gasteiger partial charge in [0.1, 0.15) is 5.69 Å². The van der Waals surface area contributed by atoms with E-state index in [4.69, 9.17) is 9.05 Å². The predicted molar refractivity (Wildman–Crippen MR) is 86.6 cm³/mol. The summed E-state index contributed by atoms with van der Waals surface area (Å²) in [7, 11) is 0. The van der Waals surface area contributed by atoms with Crippen molar-refractivity contribution in [2.24, 2.45) is 0 Å². The average molecular weight is 339 g/mol. The van der Waals surface area contributed by atoms with Gasteiger partial charge in [-0.05, 0) is 31.9 Å². The van der Waals surface area contributed by atoms with Gasteiger partial charge in [0.2, 0.25) is 5.76 Å². The normalized spacial score (nSPS) is 17.6. The zero-order valence-corrected chi connectivity index (χ0v) is 13.8. The Morgan fingerprint density at radius 2 is 2.20 bits per heavy atom. The Balaban J connectivity index is 1.50. The first-order chi connectivity index (χ1) is 12.2. The molecule has 1 amide bonds. The molecule has 0 N–H and O–H groups in total. The Morgan fingerprint density at radius 3 is 2.96 bits per heavy atom. The van der Waals surface area contributed by atoms with Gasteiger partial charge in [0, 0.05) is 31.3 Å². The summed E-state index contributed by atoms with van der Waals surface area (Å²) in [4.78, 5) is 23.0. The van der Waals surface area contributed by atoms with Crippen LogP contribution in [-0.4, -0.2) is 44.2 Å². The molecule has 1 aliphatic rings. The average Bonchev–Trinajstić information content (AvgIpc) is 3.31. The van der Waals surface area contributed by atoms with Gasteiger partial charge in [-0.15, -0.1) is 0 Å². The van der Waals surface area contributed by atoms with Gasteiger partial charge in [0.15, 0.2) is 5.82 Å². The second-order valence-electron chi connectivity index (χ2n) is 6.10. The Labute approximate surface area is 143 Å². The Morgan fingerprint density at radius 1 is 1.28 bits per heavy atom. The van der Waals surface area contributed by atoms with Gasteiger partial charge in [-0.25, -0.2) is 0 Å². The summed E-state index contributed by atoms with van der Waals surface area (Å²) < 4.78 is 10.4. The van der Waals surface area contributed by atoms with Crippen LogP contribution < -0.4 is 0 Å². The lowest BCUT2D eigenvalue weighted by molar-refractivity contribution is 0.0661. The standard InChI is InChI=1S/C17H17N5O3/c1-11-9-14(24-20-11)17(23)22-8-4-5-12(10-22)15-19-16(25-21-15)13-6-2-3-7-18-13/h2-3,6-7,9,12H,4-5,8,10H2,1H3. The molecule has 1 aliphatic heterocycles. The Bertz CT molecular complexity index is 873. The molecule has 25 heavy (non-hydrogen) atoms. The molecular weight excluding hydrogens is 322 g/mol. The van der Waals surface area contributed by atoms with Crippen LogP contribution in [0.3, 0.4) is 0 Å². The summed E-state index contributed by atoms with van der Waals surface area (Å²) in [6, 6.07) is 7.17. The van der Waals surface area contributed by atoms with E-state index in [0.717, 1.165) is 12.8 Å².